The third-order valence-corrected chi connectivity index (χ3v) is 5.80. The SMILES string of the molecule is CC1(/C=C/C(=O)O)COC2(OO1)C1CC3CC(C1)CC2C3. The van der Waals surface area contributed by atoms with Crippen molar-refractivity contribution in [1.82, 2.24) is 0 Å². The Morgan fingerprint density at radius 2 is 1.71 bits per heavy atom. The van der Waals surface area contributed by atoms with Crippen molar-refractivity contribution < 1.29 is 24.4 Å². The molecule has 4 saturated carbocycles. The molecule has 0 aromatic rings. The van der Waals surface area contributed by atoms with Gasteiger partial charge < -0.3 is 9.84 Å². The van der Waals surface area contributed by atoms with Crippen molar-refractivity contribution in [2.75, 3.05) is 6.61 Å². The number of carbonyl (C=O) groups is 1. The molecule has 1 aliphatic heterocycles. The minimum atomic E-state index is -0.991. The van der Waals surface area contributed by atoms with Crippen molar-refractivity contribution in [1.29, 1.82) is 0 Å². The molecule has 1 spiro atoms. The number of carboxylic acids is 1. The normalized spacial score (nSPS) is 51.9. The van der Waals surface area contributed by atoms with Gasteiger partial charge in [-0.2, -0.15) is 4.89 Å². The summed E-state index contributed by atoms with van der Waals surface area (Å²) in [7, 11) is 0. The van der Waals surface area contributed by atoms with Crippen molar-refractivity contribution in [2.45, 2.75) is 50.4 Å². The Kier molecular flexibility index (Phi) is 2.97. The summed E-state index contributed by atoms with van der Waals surface area (Å²) >= 11 is 0. The van der Waals surface area contributed by atoms with Gasteiger partial charge in [-0.25, -0.2) is 9.68 Å². The molecule has 0 aromatic carbocycles. The van der Waals surface area contributed by atoms with Crippen molar-refractivity contribution in [3.8, 4) is 0 Å². The first-order chi connectivity index (χ1) is 9.99. The molecule has 5 fully saturated rings. The first kappa shape index (κ1) is 13.7. The van der Waals surface area contributed by atoms with Crippen molar-refractivity contribution in [3.05, 3.63) is 12.2 Å². The summed E-state index contributed by atoms with van der Waals surface area (Å²) < 4.78 is 6.20. The molecule has 0 radical (unpaired) electrons. The monoisotopic (exact) mass is 294 g/mol. The lowest BCUT2D eigenvalue weighted by molar-refractivity contribution is -0.536. The molecule has 5 heteroatoms. The van der Waals surface area contributed by atoms with E-state index in [1.54, 1.807) is 6.92 Å². The fourth-order valence-corrected chi connectivity index (χ4v) is 5.00. The highest BCUT2D eigenvalue weighted by atomic mass is 17.2. The van der Waals surface area contributed by atoms with Crippen LogP contribution in [0.2, 0.25) is 0 Å². The van der Waals surface area contributed by atoms with Crippen LogP contribution in [-0.4, -0.2) is 29.1 Å². The minimum Gasteiger partial charge on any atom is -0.478 e. The minimum absolute atomic E-state index is 0.346. The maximum Gasteiger partial charge on any atom is 0.328 e. The number of hydrogen-bond acceptors (Lipinski definition) is 4. The molecule has 4 bridgehead atoms. The standard InChI is InChI=1S/C16H22O5/c1-15(3-2-14(17)18)9-19-16(21-20-15)12-5-10-4-11(7-12)8-13(16)6-10/h2-3,10-13H,4-9H2,1H3,(H,17,18)/b3-2+. The van der Waals surface area contributed by atoms with Gasteiger partial charge in [-0.15, -0.1) is 0 Å². The zero-order valence-electron chi connectivity index (χ0n) is 12.3. The van der Waals surface area contributed by atoms with Crippen LogP contribution in [0.15, 0.2) is 12.2 Å². The van der Waals surface area contributed by atoms with Gasteiger partial charge >= 0.3 is 5.97 Å². The molecule has 1 atom stereocenters. The summed E-state index contributed by atoms with van der Waals surface area (Å²) in [4.78, 5) is 22.1. The average molecular weight is 294 g/mol. The summed E-state index contributed by atoms with van der Waals surface area (Å²) in [5, 5.41) is 8.74. The van der Waals surface area contributed by atoms with Crippen LogP contribution < -0.4 is 0 Å². The van der Waals surface area contributed by atoms with E-state index in [2.05, 4.69) is 0 Å². The molecule has 5 rings (SSSR count). The smallest absolute Gasteiger partial charge is 0.328 e. The summed E-state index contributed by atoms with van der Waals surface area (Å²) in [6.45, 7) is 2.13. The Morgan fingerprint density at radius 1 is 1.10 bits per heavy atom. The molecule has 5 nitrogen and oxygen atoms in total. The van der Waals surface area contributed by atoms with Gasteiger partial charge in [-0.1, -0.05) is 0 Å². The van der Waals surface area contributed by atoms with E-state index < -0.39 is 17.4 Å². The Hall–Kier alpha value is -0.910. The maximum atomic E-state index is 10.7. The first-order valence-corrected chi connectivity index (χ1v) is 7.92. The van der Waals surface area contributed by atoms with Crippen LogP contribution in [0.25, 0.3) is 0 Å². The molecular weight excluding hydrogens is 272 g/mol. The van der Waals surface area contributed by atoms with Gasteiger partial charge in [0, 0.05) is 17.9 Å². The number of carboxylic acid groups (broad SMARTS) is 1. The van der Waals surface area contributed by atoms with Crippen LogP contribution in [0, 0.1) is 23.7 Å². The van der Waals surface area contributed by atoms with E-state index in [0.717, 1.165) is 17.9 Å². The quantitative estimate of drug-likeness (QED) is 0.626. The van der Waals surface area contributed by atoms with E-state index >= 15 is 0 Å². The predicted molar refractivity (Wildman–Crippen MR) is 73.1 cm³/mol. The highest BCUT2D eigenvalue weighted by Gasteiger charge is 2.62. The third-order valence-electron chi connectivity index (χ3n) is 5.80. The molecule has 116 valence electrons. The molecule has 1 heterocycles. The largest absolute Gasteiger partial charge is 0.478 e. The molecule has 0 amide bonds. The number of ether oxygens (including phenoxy) is 1. The van der Waals surface area contributed by atoms with E-state index in [0.29, 0.717) is 18.4 Å². The van der Waals surface area contributed by atoms with Gasteiger partial charge in [0.1, 0.15) is 5.60 Å². The van der Waals surface area contributed by atoms with Crippen molar-refractivity contribution >= 4 is 5.97 Å². The van der Waals surface area contributed by atoms with E-state index in [1.165, 1.54) is 38.2 Å². The maximum absolute atomic E-state index is 10.7. The summed E-state index contributed by atoms with van der Waals surface area (Å²) in [5.74, 6) is 0.971. The van der Waals surface area contributed by atoms with E-state index in [-0.39, 0.29) is 0 Å². The van der Waals surface area contributed by atoms with E-state index in [1.807, 2.05) is 0 Å². The lowest BCUT2D eigenvalue weighted by atomic mass is 9.53. The fourth-order valence-electron chi connectivity index (χ4n) is 5.00. The van der Waals surface area contributed by atoms with Crippen molar-refractivity contribution in [2.24, 2.45) is 23.7 Å². The second kappa shape index (κ2) is 4.54. The van der Waals surface area contributed by atoms with Crippen LogP contribution in [-0.2, 0) is 19.3 Å². The Bertz CT molecular complexity index is 445. The Labute approximate surface area is 124 Å². The van der Waals surface area contributed by atoms with Gasteiger partial charge in [0.15, 0.2) is 0 Å². The molecular formula is C16H22O5. The second-order valence-corrected chi connectivity index (χ2v) is 7.47. The molecule has 5 aliphatic rings. The molecule has 1 unspecified atom stereocenters. The summed E-state index contributed by atoms with van der Waals surface area (Å²) in [6.07, 6.45) is 8.68. The Balaban J connectivity index is 1.51. The number of rotatable bonds is 2. The fraction of sp³-hybridized carbons (Fsp3) is 0.812. The molecule has 4 aliphatic carbocycles. The van der Waals surface area contributed by atoms with Crippen LogP contribution in [0.1, 0.15) is 39.0 Å². The highest BCUT2D eigenvalue weighted by Crippen LogP contribution is 2.61. The lowest BCUT2D eigenvalue weighted by Crippen LogP contribution is -2.64. The highest BCUT2D eigenvalue weighted by molar-refractivity contribution is 5.79. The van der Waals surface area contributed by atoms with Crippen molar-refractivity contribution in [3.63, 3.8) is 0 Å². The summed E-state index contributed by atoms with van der Waals surface area (Å²) in [5.41, 5.74) is -0.821. The first-order valence-electron chi connectivity index (χ1n) is 7.92. The lowest BCUT2D eigenvalue weighted by Gasteiger charge is -2.61. The van der Waals surface area contributed by atoms with Gasteiger partial charge in [0.2, 0.25) is 5.79 Å². The Morgan fingerprint density at radius 3 is 2.19 bits per heavy atom. The van der Waals surface area contributed by atoms with Gasteiger partial charge in [0.25, 0.3) is 0 Å². The number of hydrogen-bond donors (Lipinski definition) is 1. The second-order valence-electron chi connectivity index (χ2n) is 7.47. The number of aliphatic carboxylic acids is 1. The summed E-state index contributed by atoms with van der Waals surface area (Å²) in [6, 6.07) is 0. The zero-order valence-corrected chi connectivity index (χ0v) is 12.3. The molecule has 21 heavy (non-hydrogen) atoms. The average Bonchev–Trinajstić information content (AvgIpc) is 2.44. The van der Waals surface area contributed by atoms with E-state index in [4.69, 9.17) is 19.6 Å². The molecule has 0 aromatic heterocycles. The van der Waals surface area contributed by atoms with Crippen LogP contribution >= 0.6 is 0 Å². The molecule has 1 N–H and O–H groups in total. The zero-order chi connectivity index (χ0) is 14.7. The van der Waals surface area contributed by atoms with E-state index in [9.17, 15) is 4.79 Å². The van der Waals surface area contributed by atoms with Crippen LogP contribution in [0.3, 0.4) is 0 Å². The van der Waals surface area contributed by atoms with Crippen LogP contribution in [0.4, 0.5) is 0 Å². The third kappa shape index (κ3) is 2.14. The molecule has 1 saturated heterocycles. The predicted octanol–water partition coefficient (Wildman–Crippen LogP) is 2.52. The van der Waals surface area contributed by atoms with Crippen LogP contribution in [0.5, 0.6) is 0 Å². The topological polar surface area (TPSA) is 65.0 Å². The van der Waals surface area contributed by atoms with Gasteiger partial charge in [-0.3, -0.25) is 0 Å². The van der Waals surface area contributed by atoms with Gasteiger partial charge in [0.05, 0.1) is 6.61 Å². The van der Waals surface area contributed by atoms with Gasteiger partial charge in [-0.05, 0) is 56.9 Å².